The van der Waals surface area contributed by atoms with Gasteiger partial charge >= 0.3 is 5.97 Å². The van der Waals surface area contributed by atoms with Crippen LogP contribution in [0, 0.1) is 52.3 Å². The van der Waals surface area contributed by atoms with Gasteiger partial charge in [0, 0.05) is 6.42 Å². The molecule has 4 fully saturated rings. The Bertz CT molecular complexity index is 666. The minimum atomic E-state index is -0.747. The highest BCUT2D eigenvalue weighted by Crippen LogP contribution is 2.69. The number of rotatable bonds is 4. The second-order valence-corrected chi connectivity index (χ2v) is 11.8. The lowest BCUT2D eigenvalue weighted by Crippen LogP contribution is -2.65. The van der Waals surface area contributed by atoms with Crippen molar-refractivity contribution in [2.45, 2.75) is 97.4 Å². The lowest BCUT2D eigenvalue weighted by Gasteiger charge is -2.66. The Morgan fingerprint density at radius 2 is 1.77 bits per heavy atom. The minimum absolute atomic E-state index is 0.0463. The monoisotopic (exact) mass is 422 g/mol. The zero-order valence-electron chi connectivity index (χ0n) is 19.1. The molecule has 4 rings (SSSR count). The molecule has 4 aliphatic rings. The Morgan fingerprint density at radius 3 is 2.40 bits per heavy atom. The molecule has 0 amide bonds. The van der Waals surface area contributed by atoms with Crippen LogP contribution in [0.1, 0.15) is 79.1 Å². The van der Waals surface area contributed by atoms with E-state index in [1.807, 2.05) is 0 Å². The first kappa shape index (κ1) is 22.5. The Hall–Kier alpha value is -0.650. The minimum Gasteiger partial charge on any atom is -0.481 e. The van der Waals surface area contributed by atoms with Crippen molar-refractivity contribution < 1.29 is 25.2 Å². The van der Waals surface area contributed by atoms with Gasteiger partial charge in [0.05, 0.1) is 18.3 Å². The van der Waals surface area contributed by atoms with E-state index < -0.39 is 18.2 Å². The molecule has 0 heterocycles. The topological polar surface area (TPSA) is 98.0 Å². The standard InChI is InChI=1S/C25H42O5/c1-5-15-18-11-14(26)8-9-24(18,3)22-19(27)12-25(4)16(13(2)10-20(28)29)6-7-17(25)21(22)23(15)30/h13-19,21-23,26-27,30H,5-12H2,1-4H3,(H,28,29)/t13-,14-,15-,16?,17?,18+,19+,21?,22?,23-,24+,25-/m1/s1. The maximum Gasteiger partial charge on any atom is 0.303 e. The summed E-state index contributed by atoms with van der Waals surface area (Å²) < 4.78 is 0. The summed E-state index contributed by atoms with van der Waals surface area (Å²) in [6.45, 7) is 8.79. The van der Waals surface area contributed by atoms with Gasteiger partial charge in [0.2, 0.25) is 0 Å². The summed E-state index contributed by atoms with van der Waals surface area (Å²) in [6.07, 6.45) is 5.04. The summed E-state index contributed by atoms with van der Waals surface area (Å²) in [5.41, 5.74) is -0.165. The third-order valence-corrected chi connectivity index (χ3v) is 10.6. The zero-order valence-corrected chi connectivity index (χ0v) is 19.1. The summed E-state index contributed by atoms with van der Waals surface area (Å²) in [6, 6.07) is 0. The first-order valence-corrected chi connectivity index (χ1v) is 12.3. The van der Waals surface area contributed by atoms with E-state index in [1.165, 1.54) is 0 Å². The Labute approximate surface area is 181 Å². The van der Waals surface area contributed by atoms with Crippen LogP contribution in [0.25, 0.3) is 0 Å². The molecule has 5 heteroatoms. The van der Waals surface area contributed by atoms with Crippen LogP contribution in [0.3, 0.4) is 0 Å². The molecule has 4 N–H and O–H groups in total. The molecule has 0 aromatic carbocycles. The fraction of sp³-hybridized carbons (Fsp3) is 0.960. The van der Waals surface area contributed by atoms with Crippen LogP contribution in [-0.2, 0) is 4.79 Å². The van der Waals surface area contributed by atoms with E-state index in [0.717, 1.165) is 38.5 Å². The summed E-state index contributed by atoms with van der Waals surface area (Å²) in [5.74, 6) is 0.504. The molecule has 4 saturated carbocycles. The van der Waals surface area contributed by atoms with Gasteiger partial charge in [0.15, 0.2) is 0 Å². The Morgan fingerprint density at radius 1 is 1.07 bits per heavy atom. The fourth-order valence-corrected chi connectivity index (χ4v) is 9.46. The number of aliphatic carboxylic acids is 1. The van der Waals surface area contributed by atoms with E-state index in [9.17, 15) is 25.2 Å². The summed E-state index contributed by atoms with van der Waals surface area (Å²) in [4.78, 5) is 11.4. The highest BCUT2D eigenvalue weighted by molar-refractivity contribution is 5.67. The molecule has 172 valence electrons. The van der Waals surface area contributed by atoms with Crippen molar-refractivity contribution in [3.8, 4) is 0 Å². The van der Waals surface area contributed by atoms with Gasteiger partial charge in [-0.2, -0.15) is 0 Å². The van der Waals surface area contributed by atoms with E-state index in [2.05, 4.69) is 27.7 Å². The quantitative estimate of drug-likeness (QED) is 0.554. The third kappa shape index (κ3) is 3.17. The lowest BCUT2D eigenvalue weighted by atomic mass is 9.40. The molecule has 0 spiro atoms. The van der Waals surface area contributed by atoms with Gasteiger partial charge in [-0.25, -0.2) is 0 Å². The van der Waals surface area contributed by atoms with Crippen molar-refractivity contribution in [1.29, 1.82) is 0 Å². The molecule has 0 aromatic rings. The molecule has 12 atom stereocenters. The van der Waals surface area contributed by atoms with E-state index in [-0.39, 0.29) is 58.9 Å². The maximum atomic E-state index is 11.7. The highest BCUT2D eigenvalue weighted by Gasteiger charge is 2.67. The molecule has 30 heavy (non-hydrogen) atoms. The number of aliphatic hydroxyl groups is 3. The van der Waals surface area contributed by atoms with E-state index in [0.29, 0.717) is 12.3 Å². The predicted molar refractivity (Wildman–Crippen MR) is 115 cm³/mol. The van der Waals surface area contributed by atoms with E-state index in [4.69, 9.17) is 0 Å². The Kier molecular flexibility index (Phi) is 5.81. The van der Waals surface area contributed by atoms with Crippen molar-refractivity contribution in [2.75, 3.05) is 0 Å². The number of fused-ring (bicyclic) bond motifs is 5. The molecule has 0 radical (unpaired) electrons. The molecule has 4 unspecified atom stereocenters. The average molecular weight is 423 g/mol. The highest BCUT2D eigenvalue weighted by atomic mass is 16.4. The van der Waals surface area contributed by atoms with Crippen LogP contribution in [0.5, 0.6) is 0 Å². The molecular weight excluding hydrogens is 380 g/mol. The van der Waals surface area contributed by atoms with Gasteiger partial charge in [-0.3, -0.25) is 4.79 Å². The predicted octanol–water partition coefficient (Wildman–Crippen LogP) is 3.69. The fourth-order valence-electron chi connectivity index (χ4n) is 9.46. The first-order valence-electron chi connectivity index (χ1n) is 12.3. The molecule has 0 bridgehead atoms. The van der Waals surface area contributed by atoms with Gasteiger partial charge in [0.25, 0.3) is 0 Å². The maximum absolute atomic E-state index is 11.7. The van der Waals surface area contributed by atoms with Gasteiger partial charge < -0.3 is 20.4 Å². The van der Waals surface area contributed by atoms with Crippen LogP contribution in [0.2, 0.25) is 0 Å². The van der Waals surface area contributed by atoms with Crippen LogP contribution < -0.4 is 0 Å². The molecule has 5 nitrogen and oxygen atoms in total. The summed E-state index contributed by atoms with van der Waals surface area (Å²) in [7, 11) is 0. The van der Waals surface area contributed by atoms with E-state index >= 15 is 0 Å². The van der Waals surface area contributed by atoms with Crippen LogP contribution in [-0.4, -0.2) is 44.7 Å². The van der Waals surface area contributed by atoms with Crippen molar-refractivity contribution in [1.82, 2.24) is 0 Å². The number of hydrogen-bond donors (Lipinski definition) is 4. The van der Waals surface area contributed by atoms with Crippen molar-refractivity contribution >= 4 is 5.97 Å². The third-order valence-electron chi connectivity index (χ3n) is 10.6. The lowest BCUT2D eigenvalue weighted by molar-refractivity contribution is -0.235. The van der Waals surface area contributed by atoms with Gasteiger partial charge in [-0.1, -0.05) is 34.1 Å². The summed E-state index contributed by atoms with van der Waals surface area (Å²) >= 11 is 0. The zero-order chi connectivity index (χ0) is 22.0. The van der Waals surface area contributed by atoms with Gasteiger partial charge in [-0.15, -0.1) is 0 Å². The molecule has 0 aromatic heterocycles. The Balaban J connectivity index is 1.71. The van der Waals surface area contributed by atoms with Crippen LogP contribution in [0.15, 0.2) is 0 Å². The molecule has 4 aliphatic carbocycles. The second kappa shape index (κ2) is 7.74. The largest absolute Gasteiger partial charge is 0.481 e. The molecule has 0 saturated heterocycles. The normalized spacial score (nSPS) is 54.0. The number of carboxylic acids is 1. The molecule has 0 aliphatic heterocycles. The van der Waals surface area contributed by atoms with Crippen molar-refractivity contribution in [3.05, 3.63) is 0 Å². The van der Waals surface area contributed by atoms with Crippen molar-refractivity contribution in [2.24, 2.45) is 52.3 Å². The average Bonchev–Trinajstić information content (AvgIpc) is 2.99. The summed E-state index contributed by atoms with van der Waals surface area (Å²) in [5, 5.41) is 43.0. The number of carbonyl (C=O) groups is 1. The van der Waals surface area contributed by atoms with Crippen molar-refractivity contribution in [3.63, 3.8) is 0 Å². The smallest absolute Gasteiger partial charge is 0.303 e. The second-order valence-electron chi connectivity index (χ2n) is 11.8. The van der Waals surface area contributed by atoms with E-state index in [1.54, 1.807) is 0 Å². The number of aliphatic hydroxyl groups excluding tert-OH is 3. The van der Waals surface area contributed by atoms with Crippen LogP contribution >= 0.6 is 0 Å². The van der Waals surface area contributed by atoms with Gasteiger partial charge in [-0.05, 0) is 90.8 Å². The first-order chi connectivity index (χ1) is 14.0. The van der Waals surface area contributed by atoms with Crippen LogP contribution in [0.4, 0.5) is 0 Å². The molecular formula is C25H42O5. The van der Waals surface area contributed by atoms with Gasteiger partial charge in [0.1, 0.15) is 0 Å². The SMILES string of the molecule is CC[C@H]1[C@@H](O)C2C3CCC([C@H](C)CC(=O)O)[C@@]3(C)C[C@H](O)C2[C@@]2(C)CC[C@@H](O)C[C@@H]12. The number of carboxylic acid groups (broad SMARTS) is 1. The number of hydrogen-bond acceptors (Lipinski definition) is 4.